The Bertz CT molecular complexity index is 1150. The SMILES string of the molecule is COC1=C(C)C(=O)OC1=C1OC2=C[C@@H]3C=C[C@]4(CCC[C@H]5[C@@H](O)C[C@H]6CCC[C@@H]6CSSC[C@H]3N54)[C@H]2[C@@H]1C. The summed E-state index contributed by atoms with van der Waals surface area (Å²) in [5.41, 5.74) is 0.261. The van der Waals surface area contributed by atoms with Crippen molar-refractivity contribution in [3.63, 3.8) is 0 Å². The van der Waals surface area contributed by atoms with Crippen LogP contribution in [0.4, 0.5) is 0 Å². The fourth-order valence-electron chi connectivity index (χ4n) is 8.83. The predicted octanol–water partition coefficient (Wildman–Crippen LogP) is 5.57. The van der Waals surface area contributed by atoms with E-state index in [-0.39, 0.29) is 41.4 Å². The van der Waals surface area contributed by atoms with E-state index in [1.807, 2.05) is 10.8 Å². The van der Waals surface area contributed by atoms with Crippen LogP contribution in [0.1, 0.15) is 58.8 Å². The summed E-state index contributed by atoms with van der Waals surface area (Å²) in [5, 5.41) is 11.9. The van der Waals surface area contributed by atoms with Crippen LogP contribution in [0.15, 0.2) is 46.8 Å². The van der Waals surface area contributed by atoms with Crippen LogP contribution < -0.4 is 0 Å². The first-order chi connectivity index (χ1) is 18.4. The number of nitrogens with zero attached hydrogens (tertiary/aromatic N) is 1. The molecule has 0 amide bonds. The Labute approximate surface area is 233 Å². The molecule has 8 rings (SSSR count). The van der Waals surface area contributed by atoms with Crippen molar-refractivity contribution in [1.82, 2.24) is 4.90 Å². The molecule has 1 saturated carbocycles. The van der Waals surface area contributed by atoms with E-state index in [1.165, 1.54) is 25.0 Å². The molecule has 0 radical (unpaired) electrons. The lowest BCUT2D eigenvalue weighted by atomic mass is 9.66. The highest BCUT2D eigenvalue weighted by Gasteiger charge is 2.61. The van der Waals surface area contributed by atoms with Crippen LogP contribution in [0, 0.1) is 29.6 Å². The number of ether oxygens (including phenoxy) is 3. The average Bonchev–Trinajstić information content (AvgIpc) is 3.51. The zero-order valence-electron chi connectivity index (χ0n) is 22.6. The van der Waals surface area contributed by atoms with Gasteiger partial charge in [-0.15, -0.1) is 0 Å². The number of piperidine rings is 1. The molecule has 6 nitrogen and oxygen atoms in total. The van der Waals surface area contributed by atoms with Crippen LogP contribution in [0.3, 0.4) is 0 Å². The van der Waals surface area contributed by atoms with Gasteiger partial charge in [0.15, 0.2) is 11.5 Å². The smallest absolute Gasteiger partial charge is 0.343 e. The van der Waals surface area contributed by atoms with Gasteiger partial charge < -0.3 is 19.3 Å². The van der Waals surface area contributed by atoms with Crippen LogP contribution >= 0.6 is 21.6 Å². The second-order valence-electron chi connectivity index (χ2n) is 12.4. The number of allylic oxidation sites excluding steroid dienone is 1. The number of hydrogen-bond acceptors (Lipinski definition) is 8. The molecule has 0 aromatic heterocycles. The molecule has 4 fully saturated rings. The Balaban J connectivity index is 1.31. The van der Waals surface area contributed by atoms with Gasteiger partial charge in [-0.3, -0.25) is 4.90 Å². The molecule has 8 heteroatoms. The van der Waals surface area contributed by atoms with Gasteiger partial charge in [0.2, 0.25) is 5.76 Å². The number of methoxy groups -OCH3 is 1. The molecule has 9 atom stereocenters. The van der Waals surface area contributed by atoms with Crippen LogP contribution in [0.5, 0.6) is 0 Å². The molecule has 1 spiro atoms. The van der Waals surface area contributed by atoms with Crippen molar-refractivity contribution in [1.29, 1.82) is 0 Å². The first-order valence-electron chi connectivity index (χ1n) is 14.4. The summed E-state index contributed by atoms with van der Waals surface area (Å²) in [6, 6.07) is 0.491. The minimum atomic E-state index is -0.367. The number of cyclic esters (lactones) is 1. The number of rotatable bonds is 1. The Morgan fingerprint density at radius 1 is 1.11 bits per heavy atom. The van der Waals surface area contributed by atoms with Crippen LogP contribution in [-0.2, 0) is 19.0 Å². The van der Waals surface area contributed by atoms with Gasteiger partial charge in [-0.1, -0.05) is 53.5 Å². The molecule has 38 heavy (non-hydrogen) atoms. The van der Waals surface area contributed by atoms with Gasteiger partial charge in [-0.2, -0.15) is 0 Å². The van der Waals surface area contributed by atoms with Crippen molar-refractivity contribution in [2.24, 2.45) is 29.6 Å². The zero-order valence-corrected chi connectivity index (χ0v) is 24.2. The lowest BCUT2D eigenvalue weighted by Crippen LogP contribution is -2.68. The third-order valence-corrected chi connectivity index (χ3v) is 13.1. The Hall–Kier alpha value is -1.35. The van der Waals surface area contributed by atoms with E-state index in [0.717, 1.165) is 43.1 Å². The van der Waals surface area contributed by atoms with Crippen molar-refractivity contribution in [2.75, 3.05) is 18.6 Å². The molecule has 2 aliphatic carbocycles. The van der Waals surface area contributed by atoms with Gasteiger partial charge >= 0.3 is 5.97 Å². The lowest BCUT2D eigenvalue weighted by molar-refractivity contribution is -0.133. The van der Waals surface area contributed by atoms with Gasteiger partial charge in [0, 0.05) is 41.3 Å². The fraction of sp³-hybridized carbons (Fsp3) is 0.700. The maximum absolute atomic E-state index is 12.4. The number of carbonyl (C=O) groups excluding carboxylic acids is 1. The Kier molecular flexibility index (Phi) is 6.49. The Morgan fingerprint density at radius 2 is 1.92 bits per heavy atom. The highest BCUT2D eigenvalue weighted by Crippen LogP contribution is 2.59. The number of fused-ring (bicyclic) bond motifs is 1. The lowest BCUT2D eigenvalue weighted by Gasteiger charge is -2.59. The third kappa shape index (κ3) is 3.72. The molecule has 0 aromatic rings. The minimum Gasteiger partial charge on any atom is -0.492 e. The average molecular weight is 558 g/mol. The standard InChI is InChI=1S/C30H39NO5S2/c1-16-25-24(35-27(16)28-26(34-3)17(2)29(33)36-28)13-19-9-11-30(25)10-5-8-21-23(32)12-18-6-4-7-20(18)14-37-38-15-22(19)31(21)30/h9,11,13,16,18-23,25,32H,4-8,10,12,14-15H2,1-3H3/t16-,18+,19-,20+,21-,22+,23-,25-,30+/m0/s1. The summed E-state index contributed by atoms with van der Waals surface area (Å²) >= 11 is 0. The third-order valence-electron chi connectivity index (χ3n) is 10.6. The van der Waals surface area contributed by atoms with Crippen molar-refractivity contribution >= 4 is 27.6 Å². The Morgan fingerprint density at radius 3 is 2.76 bits per heavy atom. The molecule has 206 valence electrons. The largest absolute Gasteiger partial charge is 0.492 e. The van der Waals surface area contributed by atoms with E-state index in [2.05, 4.69) is 40.8 Å². The summed E-state index contributed by atoms with van der Waals surface area (Å²) in [7, 11) is 5.67. The van der Waals surface area contributed by atoms with Crippen LogP contribution in [0.25, 0.3) is 0 Å². The highest BCUT2D eigenvalue weighted by atomic mass is 33.1. The van der Waals surface area contributed by atoms with Crippen LogP contribution in [-0.4, -0.2) is 58.3 Å². The zero-order chi connectivity index (χ0) is 26.2. The number of aliphatic hydroxyl groups excluding tert-OH is 1. The summed E-state index contributed by atoms with van der Waals surface area (Å²) < 4.78 is 18.0. The van der Waals surface area contributed by atoms with E-state index in [1.54, 1.807) is 14.0 Å². The number of esters is 1. The summed E-state index contributed by atoms with van der Waals surface area (Å²) in [4.78, 5) is 15.2. The molecule has 0 aromatic carbocycles. The van der Waals surface area contributed by atoms with Gasteiger partial charge in [0.25, 0.3) is 0 Å². The highest BCUT2D eigenvalue weighted by molar-refractivity contribution is 8.76. The monoisotopic (exact) mass is 557 g/mol. The van der Waals surface area contributed by atoms with Gasteiger partial charge in [-0.25, -0.2) is 4.79 Å². The molecule has 6 heterocycles. The summed E-state index contributed by atoms with van der Waals surface area (Å²) in [6.45, 7) is 3.95. The number of hydrogen-bond donors (Lipinski definition) is 1. The molecule has 3 saturated heterocycles. The first kappa shape index (κ1) is 25.6. The van der Waals surface area contributed by atoms with Crippen molar-refractivity contribution in [2.45, 2.75) is 82.5 Å². The molecular formula is C30H39NO5S2. The predicted molar refractivity (Wildman–Crippen MR) is 150 cm³/mol. The normalized spacial score (nSPS) is 46.4. The van der Waals surface area contributed by atoms with Gasteiger partial charge in [-0.05, 0) is 56.9 Å². The fourth-order valence-corrected chi connectivity index (χ4v) is 11.7. The number of aliphatic hydroxyl groups is 1. The van der Waals surface area contributed by atoms with E-state index in [4.69, 9.17) is 14.2 Å². The second kappa shape index (κ2) is 9.64. The van der Waals surface area contributed by atoms with E-state index in [0.29, 0.717) is 34.8 Å². The van der Waals surface area contributed by atoms with Crippen molar-refractivity contribution in [3.8, 4) is 0 Å². The molecule has 0 unspecified atom stereocenters. The minimum absolute atomic E-state index is 0.0116. The van der Waals surface area contributed by atoms with Crippen LogP contribution in [0.2, 0.25) is 0 Å². The maximum atomic E-state index is 12.4. The van der Waals surface area contributed by atoms with E-state index in [9.17, 15) is 9.90 Å². The molecule has 6 aliphatic heterocycles. The topological polar surface area (TPSA) is 68.2 Å². The molecule has 8 aliphatic rings. The maximum Gasteiger partial charge on any atom is 0.343 e. The summed E-state index contributed by atoms with van der Waals surface area (Å²) in [5.74, 6) is 6.24. The summed E-state index contributed by atoms with van der Waals surface area (Å²) in [6.07, 6.45) is 14.9. The van der Waals surface area contributed by atoms with Gasteiger partial charge in [0.05, 0.1) is 24.3 Å². The van der Waals surface area contributed by atoms with E-state index >= 15 is 0 Å². The molecule has 1 N–H and O–H groups in total. The van der Waals surface area contributed by atoms with E-state index < -0.39 is 0 Å². The second-order valence-corrected chi connectivity index (χ2v) is 14.9. The quantitative estimate of drug-likeness (QED) is 0.255. The first-order valence-corrected chi connectivity index (χ1v) is 16.9. The van der Waals surface area contributed by atoms with Crippen molar-refractivity contribution in [3.05, 3.63) is 46.8 Å². The molecular weight excluding hydrogens is 518 g/mol. The van der Waals surface area contributed by atoms with Crippen molar-refractivity contribution < 1.29 is 24.1 Å². The molecule has 2 bridgehead atoms. The van der Waals surface area contributed by atoms with Gasteiger partial charge in [0.1, 0.15) is 5.76 Å². The number of carbonyl (C=O) groups is 1.